The Morgan fingerprint density at radius 1 is 0.818 bits per heavy atom. The Morgan fingerprint density at radius 2 is 1.57 bits per heavy atom. The zero-order valence-electron chi connectivity index (χ0n) is 24.4. The van der Waals surface area contributed by atoms with Crippen LogP contribution < -0.4 is 31.4 Å². The van der Waals surface area contributed by atoms with Gasteiger partial charge in [0.15, 0.2) is 11.5 Å². The largest absolute Gasteiger partial charge is 0.493 e. The molecule has 11 nitrogen and oxygen atoms in total. The number of carbonyl (C=O) groups excluding carboxylic acids is 2. The summed E-state index contributed by atoms with van der Waals surface area (Å²) in [4.78, 5) is 52.4. The first kappa shape index (κ1) is 29.9. The second kappa shape index (κ2) is 13.6. The van der Waals surface area contributed by atoms with Crippen molar-refractivity contribution in [2.24, 2.45) is 0 Å². The number of aromatic nitrogens is 2. The van der Waals surface area contributed by atoms with E-state index in [4.69, 9.17) is 13.9 Å². The second-order valence-electron chi connectivity index (χ2n) is 10.0. The fourth-order valence-electron chi connectivity index (χ4n) is 4.87. The van der Waals surface area contributed by atoms with Crippen molar-refractivity contribution in [3.63, 3.8) is 0 Å². The van der Waals surface area contributed by atoms with Gasteiger partial charge in [-0.05, 0) is 66.1 Å². The molecule has 0 saturated carbocycles. The average molecular weight is 597 g/mol. The molecule has 2 amide bonds. The Kier molecular flexibility index (Phi) is 9.24. The normalized spacial score (nSPS) is 10.9. The van der Waals surface area contributed by atoms with Gasteiger partial charge in [0.2, 0.25) is 5.91 Å². The highest BCUT2D eigenvalue weighted by molar-refractivity contribution is 5.94. The van der Waals surface area contributed by atoms with Crippen LogP contribution in [0.15, 0.2) is 99.1 Å². The fourth-order valence-corrected chi connectivity index (χ4v) is 4.87. The number of carbonyl (C=O) groups is 2. The van der Waals surface area contributed by atoms with Crippen LogP contribution in [0.3, 0.4) is 0 Å². The van der Waals surface area contributed by atoms with Crippen molar-refractivity contribution in [2.45, 2.75) is 26.1 Å². The molecule has 0 aliphatic rings. The van der Waals surface area contributed by atoms with Gasteiger partial charge in [-0.3, -0.25) is 23.5 Å². The number of rotatable bonds is 12. The van der Waals surface area contributed by atoms with Crippen molar-refractivity contribution < 1.29 is 23.5 Å². The number of amides is 2. The minimum atomic E-state index is -0.607. The van der Waals surface area contributed by atoms with E-state index in [1.807, 2.05) is 12.1 Å². The zero-order chi connectivity index (χ0) is 31.1. The summed E-state index contributed by atoms with van der Waals surface area (Å²) in [5.74, 6) is 1.19. The Labute approximate surface area is 252 Å². The highest BCUT2D eigenvalue weighted by Crippen LogP contribution is 2.27. The molecule has 0 fully saturated rings. The first-order valence-corrected chi connectivity index (χ1v) is 14.0. The smallest absolute Gasteiger partial charge is 0.332 e. The molecule has 0 radical (unpaired) electrons. The van der Waals surface area contributed by atoms with Crippen molar-refractivity contribution in [3.8, 4) is 11.5 Å². The number of nitrogens with zero attached hydrogens (tertiary/aromatic N) is 2. The maximum absolute atomic E-state index is 13.6. The van der Waals surface area contributed by atoms with Crippen molar-refractivity contribution in [1.29, 1.82) is 0 Å². The maximum Gasteiger partial charge on any atom is 0.332 e. The van der Waals surface area contributed by atoms with Crippen LogP contribution in [0.5, 0.6) is 11.5 Å². The Morgan fingerprint density at radius 3 is 2.30 bits per heavy atom. The number of para-hydroxylation sites is 1. The molecule has 0 saturated heterocycles. The lowest BCUT2D eigenvalue weighted by atomic mass is 10.1. The summed E-state index contributed by atoms with van der Waals surface area (Å²) in [6, 6.07) is 22.4. The van der Waals surface area contributed by atoms with Crippen LogP contribution in [-0.4, -0.2) is 41.7 Å². The van der Waals surface area contributed by atoms with E-state index >= 15 is 0 Å². The third kappa shape index (κ3) is 6.73. The summed E-state index contributed by atoms with van der Waals surface area (Å²) < 4.78 is 18.2. The minimum Gasteiger partial charge on any atom is -0.493 e. The predicted octanol–water partition coefficient (Wildman–Crippen LogP) is 3.11. The Balaban J connectivity index is 1.30. The summed E-state index contributed by atoms with van der Waals surface area (Å²) in [5.41, 5.74) is 1.32. The van der Waals surface area contributed by atoms with Crippen molar-refractivity contribution in [3.05, 3.63) is 128 Å². The third-order valence-corrected chi connectivity index (χ3v) is 7.18. The lowest BCUT2D eigenvalue weighted by Crippen LogP contribution is -2.43. The lowest BCUT2D eigenvalue weighted by Gasteiger charge is -2.15. The molecule has 5 aromatic rings. The summed E-state index contributed by atoms with van der Waals surface area (Å²) in [7, 11) is 3.12. The van der Waals surface area contributed by atoms with Crippen LogP contribution in [0.1, 0.15) is 27.2 Å². The molecule has 0 aliphatic heterocycles. The van der Waals surface area contributed by atoms with Crippen LogP contribution >= 0.6 is 0 Å². The molecule has 3 aromatic carbocycles. The van der Waals surface area contributed by atoms with Crippen LogP contribution in [-0.2, 0) is 30.8 Å². The zero-order valence-corrected chi connectivity index (χ0v) is 24.4. The number of nitrogens with one attached hydrogen (secondary N) is 2. The number of methoxy groups -OCH3 is 2. The van der Waals surface area contributed by atoms with E-state index in [9.17, 15) is 19.2 Å². The summed E-state index contributed by atoms with van der Waals surface area (Å²) in [6.45, 7) is 0.295. The first-order chi connectivity index (χ1) is 21.4. The van der Waals surface area contributed by atoms with Gasteiger partial charge in [-0.1, -0.05) is 30.3 Å². The summed E-state index contributed by atoms with van der Waals surface area (Å²) in [6.07, 6.45) is 2.07. The number of hydrogen-bond acceptors (Lipinski definition) is 7. The Bertz CT molecular complexity index is 1890. The van der Waals surface area contributed by atoms with E-state index in [0.717, 1.165) is 10.1 Å². The summed E-state index contributed by atoms with van der Waals surface area (Å²) in [5, 5.41) is 5.95. The molecule has 226 valence electrons. The van der Waals surface area contributed by atoms with Gasteiger partial charge in [0.1, 0.15) is 12.3 Å². The molecule has 2 heterocycles. The minimum absolute atomic E-state index is 0.0300. The van der Waals surface area contributed by atoms with Gasteiger partial charge in [-0.2, -0.15) is 0 Å². The second-order valence-corrected chi connectivity index (χ2v) is 10.0. The molecule has 5 rings (SSSR count). The number of benzene rings is 3. The molecular weight excluding hydrogens is 564 g/mol. The van der Waals surface area contributed by atoms with Crippen LogP contribution in [0, 0.1) is 0 Å². The maximum atomic E-state index is 13.6. The molecule has 0 unspecified atom stereocenters. The van der Waals surface area contributed by atoms with Crippen molar-refractivity contribution >= 4 is 22.7 Å². The molecule has 0 bridgehead atoms. The topological polar surface area (TPSA) is 134 Å². The predicted molar refractivity (Wildman–Crippen MR) is 164 cm³/mol. The number of hydrogen-bond donors (Lipinski definition) is 2. The molecule has 2 aromatic heterocycles. The van der Waals surface area contributed by atoms with Gasteiger partial charge in [0, 0.05) is 12.1 Å². The van der Waals surface area contributed by atoms with Crippen LogP contribution in [0.4, 0.5) is 0 Å². The van der Waals surface area contributed by atoms with Crippen molar-refractivity contribution in [1.82, 2.24) is 19.8 Å². The van der Waals surface area contributed by atoms with E-state index in [0.29, 0.717) is 52.3 Å². The van der Waals surface area contributed by atoms with E-state index in [-0.39, 0.29) is 31.4 Å². The van der Waals surface area contributed by atoms with Gasteiger partial charge in [-0.15, -0.1) is 0 Å². The molecule has 44 heavy (non-hydrogen) atoms. The van der Waals surface area contributed by atoms with E-state index in [1.54, 1.807) is 80.9 Å². The van der Waals surface area contributed by atoms with Crippen LogP contribution in [0.2, 0.25) is 0 Å². The lowest BCUT2D eigenvalue weighted by molar-refractivity contribution is -0.121. The van der Waals surface area contributed by atoms with Crippen LogP contribution in [0.25, 0.3) is 10.9 Å². The molecule has 0 aliphatic carbocycles. The van der Waals surface area contributed by atoms with E-state index in [1.165, 1.54) is 10.8 Å². The van der Waals surface area contributed by atoms with Crippen molar-refractivity contribution in [2.75, 3.05) is 20.8 Å². The monoisotopic (exact) mass is 596 g/mol. The Hall–Kier alpha value is -5.58. The standard InChI is InChI=1S/C33H32N4O7/c1-42-28-14-11-22(18-29(28)43-2)15-16-34-30(38)21-36-27-8-4-3-7-26(27)32(40)37(33(36)41)20-23-9-12-24(13-10-23)31(39)35-19-25-6-5-17-44-25/h3-14,17-18H,15-16,19-21H2,1-2H3,(H,34,38)(H,35,39). The van der Waals surface area contributed by atoms with Gasteiger partial charge < -0.3 is 24.5 Å². The van der Waals surface area contributed by atoms with Gasteiger partial charge in [0.05, 0.1) is 44.5 Å². The molecular formula is C33H32N4O7. The molecule has 0 atom stereocenters. The number of furan rings is 1. The quantitative estimate of drug-likeness (QED) is 0.226. The highest BCUT2D eigenvalue weighted by Gasteiger charge is 2.16. The number of fused-ring (bicyclic) bond motifs is 1. The third-order valence-electron chi connectivity index (χ3n) is 7.18. The molecule has 2 N–H and O–H groups in total. The average Bonchev–Trinajstić information content (AvgIpc) is 3.58. The fraction of sp³-hybridized carbons (Fsp3) is 0.212. The molecule has 0 spiro atoms. The van der Waals surface area contributed by atoms with E-state index < -0.39 is 11.2 Å². The molecule has 11 heteroatoms. The summed E-state index contributed by atoms with van der Waals surface area (Å²) >= 11 is 0. The van der Waals surface area contributed by atoms with Gasteiger partial charge in [-0.25, -0.2) is 4.79 Å². The van der Waals surface area contributed by atoms with Gasteiger partial charge in [0.25, 0.3) is 11.5 Å². The highest BCUT2D eigenvalue weighted by atomic mass is 16.5. The van der Waals surface area contributed by atoms with E-state index in [2.05, 4.69) is 10.6 Å². The first-order valence-electron chi connectivity index (χ1n) is 14.0. The van der Waals surface area contributed by atoms with Gasteiger partial charge >= 0.3 is 5.69 Å². The SMILES string of the molecule is COc1ccc(CCNC(=O)Cn2c(=O)n(Cc3ccc(C(=O)NCc4ccco4)cc3)c(=O)c3ccccc32)cc1OC. The number of ether oxygens (including phenoxy) is 2.